The van der Waals surface area contributed by atoms with Gasteiger partial charge in [-0.3, -0.25) is 0 Å². The number of phenolic OH excluding ortho intramolecular Hbond substituents is 1. The molecule has 0 aliphatic heterocycles. The van der Waals surface area contributed by atoms with Crippen molar-refractivity contribution in [2.75, 3.05) is 0 Å². The lowest BCUT2D eigenvalue weighted by atomic mass is 10.0. The highest BCUT2D eigenvalue weighted by Gasteiger charge is 2.16. The van der Waals surface area contributed by atoms with Crippen molar-refractivity contribution in [1.82, 2.24) is 0 Å². The van der Waals surface area contributed by atoms with Crippen molar-refractivity contribution in [1.29, 1.82) is 0 Å². The van der Waals surface area contributed by atoms with E-state index >= 15 is 0 Å². The van der Waals surface area contributed by atoms with E-state index in [9.17, 15) is 10.2 Å². The van der Waals surface area contributed by atoms with Gasteiger partial charge in [-0.25, -0.2) is 0 Å². The maximum Gasteiger partial charge on any atom is 0.137 e. The number of aliphatic hydroxyl groups is 1. The minimum absolute atomic E-state index is 0.187. The number of hydrogen-bond acceptors (Lipinski definition) is 3. The van der Waals surface area contributed by atoms with Gasteiger partial charge in [0.2, 0.25) is 0 Å². The van der Waals surface area contributed by atoms with E-state index in [-0.39, 0.29) is 5.75 Å². The fourth-order valence-corrected chi connectivity index (χ4v) is 1.59. The molecule has 1 heterocycles. The van der Waals surface area contributed by atoms with E-state index in [1.807, 2.05) is 6.07 Å². The molecule has 1 aromatic carbocycles. The molecular formula is C12H14O3. The van der Waals surface area contributed by atoms with Crippen molar-refractivity contribution in [3.05, 3.63) is 30.0 Å². The Morgan fingerprint density at radius 3 is 2.67 bits per heavy atom. The summed E-state index contributed by atoms with van der Waals surface area (Å²) in [6.07, 6.45) is 0.461. The summed E-state index contributed by atoms with van der Waals surface area (Å²) in [6, 6.07) is 6.86. The van der Waals surface area contributed by atoms with Crippen LogP contribution in [-0.2, 0) is 6.42 Å². The number of furan rings is 1. The molecule has 0 bridgehead atoms. The third-order valence-corrected chi connectivity index (χ3v) is 2.16. The minimum atomic E-state index is -0.782. The van der Waals surface area contributed by atoms with E-state index in [1.165, 1.54) is 0 Å². The molecule has 0 amide bonds. The molecule has 15 heavy (non-hydrogen) atoms. The van der Waals surface area contributed by atoms with Crippen LogP contribution in [0.3, 0.4) is 0 Å². The average molecular weight is 206 g/mol. The van der Waals surface area contributed by atoms with Crippen LogP contribution in [0.25, 0.3) is 11.0 Å². The summed E-state index contributed by atoms with van der Waals surface area (Å²) in [7, 11) is 0. The summed E-state index contributed by atoms with van der Waals surface area (Å²) in [5.74, 6) is 0.912. The van der Waals surface area contributed by atoms with Crippen LogP contribution >= 0.6 is 0 Å². The van der Waals surface area contributed by atoms with Crippen molar-refractivity contribution in [2.45, 2.75) is 25.9 Å². The van der Waals surface area contributed by atoms with Crippen LogP contribution in [0.4, 0.5) is 0 Å². The topological polar surface area (TPSA) is 53.6 Å². The van der Waals surface area contributed by atoms with Crippen LogP contribution in [0.5, 0.6) is 5.75 Å². The maximum absolute atomic E-state index is 9.64. The second-order valence-corrected chi connectivity index (χ2v) is 4.42. The molecule has 1 aromatic heterocycles. The molecule has 0 saturated carbocycles. The highest BCUT2D eigenvalue weighted by molar-refractivity contribution is 5.79. The molecule has 0 aliphatic carbocycles. The number of phenols is 1. The van der Waals surface area contributed by atoms with E-state index in [2.05, 4.69) is 0 Å². The van der Waals surface area contributed by atoms with E-state index in [0.717, 1.165) is 11.1 Å². The Hall–Kier alpha value is -1.48. The summed E-state index contributed by atoms with van der Waals surface area (Å²) in [6.45, 7) is 3.47. The Morgan fingerprint density at radius 2 is 2.00 bits per heavy atom. The molecule has 0 aliphatic rings. The molecule has 80 valence electrons. The third kappa shape index (κ3) is 2.30. The molecule has 0 unspecified atom stereocenters. The van der Waals surface area contributed by atoms with Gasteiger partial charge in [0.05, 0.1) is 5.60 Å². The van der Waals surface area contributed by atoms with Crippen LogP contribution in [0.15, 0.2) is 28.7 Å². The quantitative estimate of drug-likeness (QED) is 0.793. The van der Waals surface area contributed by atoms with Crippen LogP contribution in [0, 0.1) is 0 Å². The van der Waals surface area contributed by atoms with E-state index in [4.69, 9.17) is 4.42 Å². The zero-order valence-corrected chi connectivity index (χ0v) is 8.82. The summed E-state index contributed by atoms with van der Waals surface area (Å²) in [5, 5.41) is 19.8. The van der Waals surface area contributed by atoms with Crippen molar-refractivity contribution < 1.29 is 14.6 Å². The van der Waals surface area contributed by atoms with Crippen LogP contribution < -0.4 is 0 Å². The molecule has 0 saturated heterocycles. The van der Waals surface area contributed by atoms with Crippen molar-refractivity contribution in [3.8, 4) is 5.75 Å². The molecule has 3 nitrogen and oxygen atoms in total. The zero-order chi connectivity index (χ0) is 11.1. The normalized spacial score (nSPS) is 12.2. The predicted molar refractivity (Wildman–Crippen MR) is 57.9 cm³/mol. The fraction of sp³-hybridized carbons (Fsp3) is 0.333. The van der Waals surface area contributed by atoms with E-state index in [1.54, 1.807) is 32.0 Å². The maximum atomic E-state index is 9.64. The van der Waals surface area contributed by atoms with Gasteiger partial charge in [0, 0.05) is 17.9 Å². The lowest BCUT2D eigenvalue weighted by molar-refractivity contribution is 0.0757. The van der Waals surface area contributed by atoms with Crippen molar-refractivity contribution >= 4 is 11.0 Å². The van der Waals surface area contributed by atoms with Gasteiger partial charge in [-0.2, -0.15) is 0 Å². The lowest BCUT2D eigenvalue weighted by Crippen LogP contribution is -2.21. The predicted octanol–water partition coefficient (Wildman–Crippen LogP) is 2.45. The summed E-state index contributed by atoms with van der Waals surface area (Å²) in [5.41, 5.74) is -0.134. The molecule has 2 rings (SSSR count). The Labute approximate surface area is 88.0 Å². The summed E-state index contributed by atoms with van der Waals surface area (Å²) < 4.78 is 5.50. The number of rotatable bonds is 2. The van der Waals surface area contributed by atoms with Crippen molar-refractivity contribution in [3.63, 3.8) is 0 Å². The van der Waals surface area contributed by atoms with Crippen molar-refractivity contribution in [2.24, 2.45) is 0 Å². The number of fused-ring (bicyclic) bond motifs is 1. The molecule has 0 fully saturated rings. The van der Waals surface area contributed by atoms with Gasteiger partial charge in [0.25, 0.3) is 0 Å². The molecular weight excluding hydrogens is 192 g/mol. The monoisotopic (exact) mass is 206 g/mol. The average Bonchev–Trinajstić information content (AvgIpc) is 2.42. The standard InChI is InChI=1S/C12H14O3/c1-12(2,14)7-10-5-8-3-4-9(13)6-11(8)15-10/h3-6,13-14H,7H2,1-2H3. The van der Waals surface area contributed by atoms with Gasteiger partial charge in [0.1, 0.15) is 17.1 Å². The molecule has 0 spiro atoms. The smallest absolute Gasteiger partial charge is 0.137 e. The molecule has 0 atom stereocenters. The molecule has 0 radical (unpaired) electrons. The molecule has 3 heteroatoms. The van der Waals surface area contributed by atoms with Gasteiger partial charge in [-0.05, 0) is 32.0 Å². The minimum Gasteiger partial charge on any atom is -0.508 e. The lowest BCUT2D eigenvalue weighted by Gasteiger charge is -2.14. The Morgan fingerprint density at radius 1 is 1.27 bits per heavy atom. The van der Waals surface area contributed by atoms with Crippen LogP contribution in [0.2, 0.25) is 0 Å². The van der Waals surface area contributed by atoms with Crippen LogP contribution in [-0.4, -0.2) is 15.8 Å². The highest BCUT2D eigenvalue weighted by Crippen LogP contribution is 2.25. The zero-order valence-electron chi connectivity index (χ0n) is 8.82. The Balaban J connectivity index is 2.39. The molecule has 2 N–H and O–H groups in total. The van der Waals surface area contributed by atoms with Gasteiger partial charge in [-0.1, -0.05) is 0 Å². The number of aromatic hydroxyl groups is 1. The Bertz CT molecular complexity index is 477. The number of hydrogen-bond donors (Lipinski definition) is 2. The first-order valence-electron chi connectivity index (χ1n) is 4.88. The van der Waals surface area contributed by atoms with E-state index < -0.39 is 5.60 Å². The molecule has 2 aromatic rings. The third-order valence-electron chi connectivity index (χ3n) is 2.16. The first kappa shape index (κ1) is 10.1. The van der Waals surface area contributed by atoms with Gasteiger partial charge >= 0.3 is 0 Å². The van der Waals surface area contributed by atoms with Gasteiger partial charge in [-0.15, -0.1) is 0 Å². The first-order chi connectivity index (χ1) is 6.94. The SMILES string of the molecule is CC(C)(O)Cc1cc2ccc(O)cc2o1. The van der Waals surface area contributed by atoms with Gasteiger partial charge in [0.15, 0.2) is 0 Å². The number of benzene rings is 1. The van der Waals surface area contributed by atoms with E-state index in [0.29, 0.717) is 12.0 Å². The second kappa shape index (κ2) is 3.28. The largest absolute Gasteiger partial charge is 0.508 e. The summed E-state index contributed by atoms with van der Waals surface area (Å²) in [4.78, 5) is 0. The fourth-order valence-electron chi connectivity index (χ4n) is 1.59. The highest BCUT2D eigenvalue weighted by atomic mass is 16.3. The summed E-state index contributed by atoms with van der Waals surface area (Å²) >= 11 is 0. The van der Waals surface area contributed by atoms with Gasteiger partial charge < -0.3 is 14.6 Å². The second-order valence-electron chi connectivity index (χ2n) is 4.42. The Kier molecular flexibility index (Phi) is 2.20. The van der Waals surface area contributed by atoms with Crippen LogP contribution in [0.1, 0.15) is 19.6 Å². The first-order valence-corrected chi connectivity index (χ1v) is 4.88.